The van der Waals surface area contributed by atoms with Crippen LogP contribution in [0.1, 0.15) is 115 Å². The first-order valence-corrected chi connectivity index (χ1v) is 21.3. The summed E-state index contributed by atoms with van der Waals surface area (Å²) in [6, 6.07) is 15.1. The number of rotatable bonds is 25. The van der Waals surface area contributed by atoms with E-state index in [1.165, 1.54) is 5.56 Å². The van der Waals surface area contributed by atoms with Gasteiger partial charge in [-0.3, -0.25) is 9.59 Å². The van der Waals surface area contributed by atoms with Crippen molar-refractivity contribution >= 4 is 29.5 Å². The van der Waals surface area contributed by atoms with E-state index in [-0.39, 0.29) is 13.0 Å². The molecular formula is C50H66N3O5+. The van der Waals surface area contributed by atoms with Crippen LogP contribution in [0.15, 0.2) is 97.3 Å². The van der Waals surface area contributed by atoms with Gasteiger partial charge in [-0.1, -0.05) is 90.0 Å². The van der Waals surface area contributed by atoms with Crippen LogP contribution in [0, 0.1) is 30.1 Å². The van der Waals surface area contributed by atoms with Gasteiger partial charge in [0.15, 0.2) is 12.3 Å². The molecule has 0 radical (unpaired) electrons. The number of hydrogen-bond donors (Lipinski definition) is 1. The van der Waals surface area contributed by atoms with Crippen LogP contribution in [0.3, 0.4) is 0 Å². The van der Waals surface area contributed by atoms with Gasteiger partial charge in [-0.15, -0.1) is 13.2 Å². The summed E-state index contributed by atoms with van der Waals surface area (Å²) >= 11 is 0. The first-order valence-electron chi connectivity index (χ1n) is 21.3. The molecule has 2 aromatic carbocycles. The second kappa shape index (κ2) is 21.6. The Balaban J connectivity index is 1.98. The molecule has 4 unspecified atom stereocenters. The summed E-state index contributed by atoms with van der Waals surface area (Å²) in [6.07, 6.45) is 21.4. The van der Waals surface area contributed by atoms with Gasteiger partial charge in [-0.25, -0.2) is 0 Å². The van der Waals surface area contributed by atoms with E-state index in [2.05, 4.69) is 106 Å². The molecule has 8 nitrogen and oxygen atoms in total. The molecule has 4 rings (SSSR count). The Hall–Kier alpha value is -5.16. The van der Waals surface area contributed by atoms with Gasteiger partial charge in [0.25, 0.3) is 6.47 Å². The molecule has 2 aliphatic heterocycles. The van der Waals surface area contributed by atoms with Crippen molar-refractivity contribution < 1.29 is 28.7 Å². The molecular weight excluding hydrogens is 723 g/mol. The smallest absolute Gasteiger partial charge is 0.309 e. The lowest BCUT2D eigenvalue weighted by Crippen LogP contribution is -2.36. The van der Waals surface area contributed by atoms with E-state index in [4.69, 9.17) is 9.47 Å². The minimum Gasteiger partial charge on any atom is -0.497 e. The van der Waals surface area contributed by atoms with Crippen molar-refractivity contribution in [1.29, 1.82) is 5.26 Å². The molecule has 0 aliphatic carbocycles. The molecule has 0 saturated heterocycles. The Kier molecular flexibility index (Phi) is 16.9. The van der Waals surface area contributed by atoms with Gasteiger partial charge in [0.05, 0.1) is 30.7 Å². The topological polar surface area (TPSA) is 103 Å². The quantitative estimate of drug-likeness (QED) is 0.0267. The van der Waals surface area contributed by atoms with E-state index in [0.29, 0.717) is 49.8 Å². The third-order valence-electron chi connectivity index (χ3n) is 12.4. The standard InChI is InChI=1S/C50H65N3O5/c1-9-15-38(13-5)33-49(26-11-3)42-31-37(7)17-21-44(42)52(28-25-48(55)56)46(49)23-18-40(35-51)19-24-47-50(27-12-4,34-39(14-6)16-10-2)43-32-41(57-8)20-22-45(43)53(47)29-30-58-36-54/h11-12,17-24,31-32,36,38-39H,3-4,9-10,13-16,25-30,33-34H2,1-2,5-8H3/p+1. The molecule has 2 aromatic rings. The van der Waals surface area contributed by atoms with E-state index in [1.54, 1.807) is 7.11 Å². The first kappa shape index (κ1) is 45.5. The first-order chi connectivity index (χ1) is 28.1. The number of carboxylic acids is 1. The molecule has 0 spiro atoms. The van der Waals surface area contributed by atoms with Crippen molar-refractivity contribution in [2.45, 2.75) is 116 Å². The number of hydrogen-bond acceptors (Lipinski definition) is 6. The van der Waals surface area contributed by atoms with Crippen LogP contribution in [0.5, 0.6) is 5.75 Å². The SMILES string of the molecule is C=CCC1(CC(CC)CCC)C(/C=C/C(C#N)=C/C=C2/N(CCOC=O)c3ccc(OC)cc3C2(CC=C)CC(CC)CCC)=[N+](CCC(=O)O)c2ccc(C)cc21. The van der Waals surface area contributed by atoms with E-state index in [1.807, 2.05) is 30.4 Å². The number of aliphatic carboxylic acids is 1. The van der Waals surface area contributed by atoms with Gasteiger partial charge in [0.2, 0.25) is 5.69 Å². The maximum atomic E-state index is 12.0. The lowest BCUT2D eigenvalue weighted by Gasteiger charge is -2.36. The zero-order chi connectivity index (χ0) is 42.3. The zero-order valence-electron chi connectivity index (χ0n) is 35.9. The molecule has 0 aromatic heterocycles. The molecule has 1 N–H and O–H groups in total. The molecule has 0 amide bonds. The lowest BCUT2D eigenvalue weighted by molar-refractivity contribution is -0.436. The van der Waals surface area contributed by atoms with Gasteiger partial charge in [0, 0.05) is 34.5 Å². The van der Waals surface area contributed by atoms with Crippen LogP contribution in [0.2, 0.25) is 0 Å². The molecule has 0 bridgehead atoms. The minimum atomic E-state index is -0.856. The van der Waals surface area contributed by atoms with Crippen LogP contribution in [-0.2, 0) is 25.2 Å². The number of ether oxygens (including phenoxy) is 2. The fourth-order valence-corrected chi connectivity index (χ4v) is 9.65. The predicted molar refractivity (Wildman–Crippen MR) is 236 cm³/mol. The van der Waals surface area contributed by atoms with Crippen molar-refractivity contribution in [3.05, 3.63) is 114 Å². The number of carbonyl (C=O) groups is 2. The van der Waals surface area contributed by atoms with Crippen LogP contribution in [0.4, 0.5) is 11.4 Å². The zero-order valence-corrected chi connectivity index (χ0v) is 35.9. The summed E-state index contributed by atoms with van der Waals surface area (Å²) < 4.78 is 13.2. The normalized spacial score (nSPS) is 20.5. The number of methoxy groups -OCH3 is 1. The van der Waals surface area contributed by atoms with E-state index in [0.717, 1.165) is 91.0 Å². The summed E-state index contributed by atoms with van der Waals surface area (Å²) in [4.78, 5) is 25.6. The van der Waals surface area contributed by atoms with Gasteiger partial charge in [0.1, 0.15) is 18.8 Å². The maximum Gasteiger partial charge on any atom is 0.309 e. The van der Waals surface area contributed by atoms with Crippen LogP contribution in [0.25, 0.3) is 0 Å². The highest BCUT2D eigenvalue weighted by molar-refractivity contribution is 6.04. The van der Waals surface area contributed by atoms with E-state index in [9.17, 15) is 20.0 Å². The van der Waals surface area contributed by atoms with Gasteiger partial charge >= 0.3 is 5.97 Å². The predicted octanol–water partition coefficient (Wildman–Crippen LogP) is 11.2. The fraction of sp³-hybridized carbons (Fsp3) is 0.480. The van der Waals surface area contributed by atoms with Crippen LogP contribution < -0.4 is 9.64 Å². The molecule has 8 heteroatoms. The van der Waals surface area contributed by atoms with Gasteiger partial charge < -0.3 is 19.5 Å². The minimum absolute atomic E-state index is 0.0226. The van der Waals surface area contributed by atoms with Gasteiger partial charge in [-0.2, -0.15) is 9.84 Å². The summed E-state index contributed by atoms with van der Waals surface area (Å²) in [5.41, 5.74) is 7.08. The van der Waals surface area contributed by atoms with Gasteiger partial charge in [-0.05, 0) is 92.5 Å². The average Bonchev–Trinajstić information content (AvgIpc) is 3.60. The number of anilines is 1. The van der Waals surface area contributed by atoms with Crippen LogP contribution >= 0.6 is 0 Å². The van der Waals surface area contributed by atoms with Crippen LogP contribution in [-0.4, -0.2) is 54.6 Å². The Bertz CT molecular complexity index is 1950. The summed E-state index contributed by atoms with van der Waals surface area (Å²) in [5.74, 6) is 0.801. The Morgan fingerprint density at radius 3 is 2.24 bits per heavy atom. The monoisotopic (exact) mass is 788 g/mol. The Morgan fingerprint density at radius 2 is 1.66 bits per heavy atom. The number of fused-ring (bicyclic) bond motifs is 2. The second-order valence-electron chi connectivity index (χ2n) is 16.0. The molecule has 4 atom stereocenters. The third-order valence-corrected chi connectivity index (χ3v) is 12.4. The highest BCUT2D eigenvalue weighted by Crippen LogP contribution is 2.55. The third kappa shape index (κ3) is 9.92. The highest BCUT2D eigenvalue weighted by Gasteiger charge is 2.51. The number of benzene rings is 2. The molecule has 0 fully saturated rings. The molecule has 58 heavy (non-hydrogen) atoms. The summed E-state index contributed by atoms with van der Waals surface area (Å²) in [6.45, 7) is 20.9. The maximum absolute atomic E-state index is 12.0. The number of allylic oxidation sites excluding steroid dienone is 8. The number of nitriles is 1. The number of carboxylic acid groups (broad SMARTS) is 1. The largest absolute Gasteiger partial charge is 0.497 e. The molecule has 0 saturated carbocycles. The number of aryl methyl sites for hydroxylation is 1. The second-order valence-corrected chi connectivity index (χ2v) is 16.0. The molecule has 2 aliphatic rings. The van der Waals surface area contributed by atoms with Crippen molar-refractivity contribution in [1.82, 2.24) is 0 Å². The Morgan fingerprint density at radius 1 is 0.983 bits per heavy atom. The highest BCUT2D eigenvalue weighted by atomic mass is 16.5. The lowest BCUT2D eigenvalue weighted by atomic mass is 9.67. The average molecular weight is 789 g/mol. The fourth-order valence-electron chi connectivity index (χ4n) is 9.65. The van der Waals surface area contributed by atoms with E-state index >= 15 is 0 Å². The van der Waals surface area contributed by atoms with E-state index < -0.39 is 16.8 Å². The van der Waals surface area contributed by atoms with Crippen molar-refractivity contribution in [2.24, 2.45) is 11.8 Å². The van der Waals surface area contributed by atoms with Crippen molar-refractivity contribution in [3.63, 3.8) is 0 Å². The summed E-state index contributed by atoms with van der Waals surface area (Å²) in [5, 5.41) is 20.6. The Labute approximate surface area is 347 Å². The molecule has 310 valence electrons. The van der Waals surface area contributed by atoms with Crippen molar-refractivity contribution in [3.8, 4) is 11.8 Å². The number of carbonyl (C=O) groups excluding carboxylic acids is 1. The number of nitrogens with zero attached hydrogens (tertiary/aromatic N) is 3. The summed E-state index contributed by atoms with van der Waals surface area (Å²) in [7, 11) is 1.68. The molecule has 2 heterocycles. The van der Waals surface area contributed by atoms with Crippen molar-refractivity contribution in [2.75, 3.05) is 31.7 Å².